The lowest BCUT2D eigenvalue weighted by atomic mass is 9.87. The molecule has 3 heteroatoms. The highest BCUT2D eigenvalue weighted by Gasteiger charge is 2.32. The highest BCUT2D eigenvalue weighted by molar-refractivity contribution is 4.88. The van der Waals surface area contributed by atoms with E-state index in [2.05, 4.69) is 17.1 Å². The third-order valence-corrected chi connectivity index (χ3v) is 4.07. The zero-order valence-corrected chi connectivity index (χ0v) is 10.8. The van der Waals surface area contributed by atoms with Gasteiger partial charge in [-0.1, -0.05) is 6.92 Å². The van der Waals surface area contributed by atoms with E-state index in [0.29, 0.717) is 5.41 Å². The van der Waals surface area contributed by atoms with Crippen LogP contribution in [0.1, 0.15) is 26.2 Å². The zero-order valence-electron chi connectivity index (χ0n) is 10.8. The Kier molecular flexibility index (Phi) is 4.22. The second-order valence-electron chi connectivity index (χ2n) is 5.94. The molecule has 2 aliphatic rings. The van der Waals surface area contributed by atoms with Gasteiger partial charge in [-0.05, 0) is 43.7 Å². The van der Waals surface area contributed by atoms with Gasteiger partial charge in [0.05, 0.1) is 6.61 Å². The van der Waals surface area contributed by atoms with Gasteiger partial charge in [0.15, 0.2) is 0 Å². The fourth-order valence-corrected chi connectivity index (χ4v) is 3.21. The maximum absolute atomic E-state index is 5.29. The normalized spacial score (nSPS) is 36.8. The summed E-state index contributed by atoms with van der Waals surface area (Å²) in [6.45, 7) is 9.54. The molecule has 0 saturated carbocycles. The maximum atomic E-state index is 5.29. The molecule has 0 aliphatic carbocycles. The molecule has 16 heavy (non-hydrogen) atoms. The molecule has 2 fully saturated rings. The van der Waals surface area contributed by atoms with E-state index in [9.17, 15) is 0 Å². The first-order chi connectivity index (χ1) is 7.72. The Morgan fingerprint density at radius 2 is 2.38 bits per heavy atom. The minimum absolute atomic E-state index is 0.509. The number of nitrogens with one attached hydrogen (secondary N) is 1. The van der Waals surface area contributed by atoms with E-state index in [1.54, 1.807) is 0 Å². The van der Waals surface area contributed by atoms with E-state index < -0.39 is 0 Å². The summed E-state index contributed by atoms with van der Waals surface area (Å²) in [5.74, 6) is 0.761. The van der Waals surface area contributed by atoms with Crippen LogP contribution < -0.4 is 5.32 Å². The van der Waals surface area contributed by atoms with Gasteiger partial charge in [-0.15, -0.1) is 0 Å². The Hall–Kier alpha value is -0.120. The largest absolute Gasteiger partial charge is 0.384 e. The standard InChI is InChI=1S/C13H26N2O/c1-13(5-6-14-10-13)11-15-7-3-4-12(8-15)9-16-2/h12,14H,3-11H2,1-2H3. The van der Waals surface area contributed by atoms with Crippen LogP contribution in [0.15, 0.2) is 0 Å². The van der Waals surface area contributed by atoms with E-state index in [-0.39, 0.29) is 0 Å². The van der Waals surface area contributed by atoms with Crippen LogP contribution in [-0.4, -0.2) is 51.3 Å². The summed E-state index contributed by atoms with van der Waals surface area (Å²) >= 11 is 0. The van der Waals surface area contributed by atoms with E-state index in [0.717, 1.165) is 12.5 Å². The van der Waals surface area contributed by atoms with Crippen LogP contribution in [0.25, 0.3) is 0 Å². The summed E-state index contributed by atoms with van der Waals surface area (Å²) in [7, 11) is 1.82. The van der Waals surface area contributed by atoms with Crippen molar-refractivity contribution in [2.24, 2.45) is 11.3 Å². The average molecular weight is 226 g/mol. The molecule has 0 amide bonds. The molecule has 2 heterocycles. The summed E-state index contributed by atoms with van der Waals surface area (Å²) in [4.78, 5) is 2.65. The number of rotatable bonds is 4. The van der Waals surface area contributed by atoms with Crippen molar-refractivity contribution in [2.45, 2.75) is 26.2 Å². The molecule has 0 radical (unpaired) electrons. The predicted octanol–water partition coefficient (Wildman–Crippen LogP) is 1.34. The smallest absolute Gasteiger partial charge is 0.0502 e. The van der Waals surface area contributed by atoms with Crippen molar-refractivity contribution in [3.05, 3.63) is 0 Å². The first-order valence-electron chi connectivity index (χ1n) is 6.64. The lowest BCUT2D eigenvalue weighted by Gasteiger charge is -2.37. The molecule has 0 bridgehead atoms. The van der Waals surface area contributed by atoms with E-state index in [1.807, 2.05) is 7.11 Å². The van der Waals surface area contributed by atoms with Crippen LogP contribution in [0.4, 0.5) is 0 Å². The Labute approximate surface area is 99.5 Å². The fourth-order valence-electron chi connectivity index (χ4n) is 3.21. The van der Waals surface area contributed by atoms with Gasteiger partial charge in [-0.25, -0.2) is 0 Å². The molecule has 0 aromatic heterocycles. The van der Waals surface area contributed by atoms with E-state index in [1.165, 1.54) is 52.0 Å². The van der Waals surface area contributed by atoms with Crippen LogP contribution in [0.3, 0.4) is 0 Å². The molecule has 0 spiro atoms. The molecule has 94 valence electrons. The summed E-state index contributed by atoms with van der Waals surface area (Å²) < 4.78 is 5.29. The van der Waals surface area contributed by atoms with Gasteiger partial charge in [0.25, 0.3) is 0 Å². The second kappa shape index (κ2) is 5.48. The highest BCUT2D eigenvalue weighted by atomic mass is 16.5. The van der Waals surface area contributed by atoms with Crippen molar-refractivity contribution in [1.82, 2.24) is 10.2 Å². The SMILES string of the molecule is COCC1CCCN(CC2(C)CCNC2)C1. The van der Waals surface area contributed by atoms with Gasteiger partial charge < -0.3 is 15.0 Å². The molecule has 2 aliphatic heterocycles. The average Bonchev–Trinajstić information content (AvgIpc) is 2.66. The zero-order chi connectivity index (χ0) is 11.4. The molecule has 2 atom stereocenters. The lowest BCUT2D eigenvalue weighted by molar-refractivity contribution is 0.0707. The van der Waals surface area contributed by atoms with Crippen molar-refractivity contribution in [1.29, 1.82) is 0 Å². The number of hydrogen-bond donors (Lipinski definition) is 1. The molecule has 1 N–H and O–H groups in total. The van der Waals surface area contributed by atoms with Crippen LogP contribution in [0, 0.1) is 11.3 Å². The van der Waals surface area contributed by atoms with Crippen molar-refractivity contribution < 1.29 is 4.74 Å². The van der Waals surface area contributed by atoms with Gasteiger partial charge in [-0.3, -0.25) is 0 Å². The predicted molar refractivity (Wildman–Crippen MR) is 66.6 cm³/mol. The maximum Gasteiger partial charge on any atom is 0.0502 e. The van der Waals surface area contributed by atoms with Crippen LogP contribution in [-0.2, 0) is 4.74 Å². The summed E-state index contributed by atoms with van der Waals surface area (Å²) in [6, 6.07) is 0. The molecular formula is C13H26N2O. The van der Waals surface area contributed by atoms with Gasteiger partial charge in [0.1, 0.15) is 0 Å². The number of ether oxygens (including phenoxy) is 1. The second-order valence-corrected chi connectivity index (χ2v) is 5.94. The lowest BCUT2D eigenvalue weighted by Crippen LogP contribution is -2.43. The summed E-state index contributed by atoms with van der Waals surface area (Å²) in [6.07, 6.45) is 4.02. The Bertz CT molecular complexity index is 212. The van der Waals surface area contributed by atoms with Crippen molar-refractivity contribution in [3.63, 3.8) is 0 Å². The van der Waals surface area contributed by atoms with Gasteiger partial charge >= 0.3 is 0 Å². The third-order valence-electron chi connectivity index (χ3n) is 4.07. The van der Waals surface area contributed by atoms with Crippen LogP contribution in [0.2, 0.25) is 0 Å². The number of nitrogens with zero attached hydrogens (tertiary/aromatic N) is 1. The first-order valence-corrected chi connectivity index (χ1v) is 6.64. The minimum atomic E-state index is 0.509. The molecule has 2 saturated heterocycles. The summed E-state index contributed by atoms with van der Waals surface area (Å²) in [5.41, 5.74) is 0.509. The first kappa shape index (κ1) is 12.3. The van der Waals surface area contributed by atoms with Crippen molar-refractivity contribution in [3.8, 4) is 0 Å². The van der Waals surface area contributed by atoms with E-state index >= 15 is 0 Å². The minimum Gasteiger partial charge on any atom is -0.384 e. The molecule has 2 rings (SSSR count). The number of piperidine rings is 1. The Balaban J connectivity index is 1.80. The van der Waals surface area contributed by atoms with Gasteiger partial charge in [-0.2, -0.15) is 0 Å². The Morgan fingerprint density at radius 1 is 1.50 bits per heavy atom. The third kappa shape index (κ3) is 3.19. The van der Waals surface area contributed by atoms with Crippen LogP contribution in [0.5, 0.6) is 0 Å². The molecule has 0 aromatic rings. The van der Waals surface area contributed by atoms with Crippen LogP contribution >= 0.6 is 0 Å². The molecule has 3 nitrogen and oxygen atoms in total. The fraction of sp³-hybridized carbons (Fsp3) is 1.00. The van der Waals surface area contributed by atoms with Gasteiger partial charge in [0, 0.05) is 26.7 Å². The number of hydrogen-bond acceptors (Lipinski definition) is 3. The summed E-state index contributed by atoms with van der Waals surface area (Å²) in [5, 5.41) is 3.49. The molecule has 0 aromatic carbocycles. The van der Waals surface area contributed by atoms with Crippen molar-refractivity contribution >= 4 is 0 Å². The highest BCUT2D eigenvalue weighted by Crippen LogP contribution is 2.28. The van der Waals surface area contributed by atoms with E-state index in [4.69, 9.17) is 4.74 Å². The monoisotopic (exact) mass is 226 g/mol. The molecule has 2 unspecified atom stereocenters. The van der Waals surface area contributed by atoms with Gasteiger partial charge in [0.2, 0.25) is 0 Å². The number of methoxy groups -OCH3 is 1. The number of likely N-dealkylation sites (tertiary alicyclic amines) is 1. The molecular weight excluding hydrogens is 200 g/mol. The quantitative estimate of drug-likeness (QED) is 0.783. The van der Waals surface area contributed by atoms with Crippen molar-refractivity contribution in [2.75, 3.05) is 46.4 Å². The topological polar surface area (TPSA) is 24.5 Å². The Morgan fingerprint density at radius 3 is 3.06 bits per heavy atom.